The van der Waals surface area contributed by atoms with Crippen molar-refractivity contribution in [3.8, 4) is 0 Å². The van der Waals surface area contributed by atoms with Crippen LogP contribution in [-0.2, 0) is 12.8 Å². The zero-order chi connectivity index (χ0) is 16.9. The summed E-state index contributed by atoms with van der Waals surface area (Å²) in [4.78, 5) is 17.0. The molecule has 5 heteroatoms. The molecule has 1 atom stereocenters. The molecular weight excluding hydrogens is 300 g/mol. The fourth-order valence-electron chi connectivity index (χ4n) is 3.36. The Morgan fingerprint density at radius 2 is 2.17 bits per heavy atom. The van der Waals surface area contributed by atoms with Crippen molar-refractivity contribution in [1.82, 2.24) is 20.0 Å². The van der Waals surface area contributed by atoms with Crippen LogP contribution in [0.15, 0.2) is 36.5 Å². The molecule has 2 heterocycles. The second-order valence-corrected chi connectivity index (χ2v) is 6.53. The van der Waals surface area contributed by atoms with Crippen LogP contribution in [0.4, 0.5) is 0 Å². The van der Waals surface area contributed by atoms with Crippen LogP contribution in [0.25, 0.3) is 0 Å². The van der Waals surface area contributed by atoms with Crippen molar-refractivity contribution in [3.63, 3.8) is 0 Å². The van der Waals surface area contributed by atoms with E-state index in [1.807, 2.05) is 17.9 Å². The molecule has 0 radical (unpaired) electrons. The van der Waals surface area contributed by atoms with Gasteiger partial charge in [0.05, 0.1) is 11.8 Å². The summed E-state index contributed by atoms with van der Waals surface area (Å²) in [6.07, 6.45) is 4.54. The van der Waals surface area contributed by atoms with Gasteiger partial charge in [0, 0.05) is 31.4 Å². The van der Waals surface area contributed by atoms with E-state index in [0.717, 1.165) is 50.2 Å². The highest BCUT2D eigenvalue weighted by atomic mass is 16.2. The molecule has 1 aliphatic heterocycles. The van der Waals surface area contributed by atoms with Crippen LogP contribution >= 0.6 is 0 Å². The number of nitrogens with zero attached hydrogens (tertiary/aromatic N) is 3. The maximum Gasteiger partial charge on any atom is 0.257 e. The molecule has 5 nitrogen and oxygen atoms in total. The number of carbonyl (C=O) groups is 1. The SMILES string of the molecule is CCc1[nH]ncc1C(=O)N1CCC(N(C)CCc2ccccc2)C1. The molecule has 1 aliphatic rings. The number of amides is 1. The molecule has 1 aromatic heterocycles. The van der Waals surface area contributed by atoms with Gasteiger partial charge < -0.3 is 9.80 Å². The number of hydrogen-bond donors (Lipinski definition) is 1. The van der Waals surface area contributed by atoms with Gasteiger partial charge in [-0.25, -0.2) is 0 Å². The highest BCUT2D eigenvalue weighted by Gasteiger charge is 2.30. The lowest BCUT2D eigenvalue weighted by Gasteiger charge is -2.24. The third-order valence-electron chi connectivity index (χ3n) is 4.97. The van der Waals surface area contributed by atoms with E-state index < -0.39 is 0 Å². The van der Waals surface area contributed by atoms with Crippen LogP contribution in [0.1, 0.15) is 35.0 Å². The van der Waals surface area contributed by atoms with Gasteiger partial charge in [-0.15, -0.1) is 0 Å². The molecule has 24 heavy (non-hydrogen) atoms. The summed E-state index contributed by atoms with van der Waals surface area (Å²) in [5.74, 6) is 0.111. The minimum Gasteiger partial charge on any atom is -0.337 e. The average Bonchev–Trinajstić information content (AvgIpc) is 3.29. The van der Waals surface area contributed by atoms with E-state index >= 15 is 0 Å². The van der Waals surface area contributed by atoms with Crippen molar-refractivity contribution in [1.29, 1.82) is 0 Å². The zero-order valence-electron chi connectivity index (χ0n) is 14.5. The molecule has 3 rings (SSSR count). The molecule has 1 unspecified atom stereocenters. The highest BCUT2D eigenvalue weighted by molar-refractivity contribution is 5.95. The van der Waals surface area contributed by atoms with Crippen LogP contribution in [0.5, 0.6) is 0 Å². The standard InChI is InChI=1S/C19H26N4O/c1-3-18-17(13-20-21-18)19(24)23-12-10-16(14-23)22(2)11-9-15-7-5-4-6-8-15/h4-8,13,16H,3,9-12,14H2,1-2H3,(H,20,21). The lowest BCUT2D eigenvalue weighted by molar-refractivity contribution is 0.0779. The summed E-state index contributed by atoms with van der Waals surface area (Å²) in [6.45, 7) is 4.68. The van der Waals surface area contributed by atoms with Gasteiger partial charge in [-0.1, -0.05) is 37.3 Å². The number of carbonyl (C=O) groups excluding carboxylic acids is 1. The highest BCUT2D eigenvalue weighted by Crippen LogP contribution is 2.19. The van der Waals surface area contributed by atoms with E-state index in [0.29, 0.717) is 6.04 Å². The number of aryl methyl sites for hydroxylation is 1. The summed E-state index contributed by atoms with van der Waals surface area (Å²) >= 11 is 0. The van der Waals surface area contributed by atoms with E-state index in [4.69, 9.17) is 0 Å². The summed E-state index contributed by atoms with van der Waals surface area (Å²) in [5.41, 5.74) is 3.02. The maximum atomic E-state index is 12.7. The quantitative estimate of drug-likeness (QED) is 0.886. The Morgan fingerprint density at radius 1 is 1.38 bits per heavy atom. The van der Waals surface area contributed by atoms with Gasteiger partial charge in [-0.05, 0) is 31.9 Å². The molecule has 1 N–H and O–H groups in total. The molecular formula is C19H26N4O. The summed E-state index contributed by atoms with van der Waals surface area (Å²) in [5, 5.41) is 6.94. The number of rotatable bonds is 6. The molecule has 2 aromatic rings. The van der Waals surface area contributed by atoms with E-state index in [2.05, 4.69) is 46.4 Å². The van der Waals surface area contributed by atoms with Crippen molar-refractivity contribution in [2.75, 3.05) is 26.7 Å². The Balaban J connectivity index is 1.54. The van der Waals surface area contributed by atoms with Gasteiger partial charge >= 0.3 is 0 Å². The van der Waals surface area contributed by atoms with Crippen molar-refractivity contribution in [3.05, 3.63) is 53.3 Å². The normalized spacial score (nSPS) is 17.6. The number of likely N-dealkylation sites (tertiary alicyclic amines) is 1. The Kier molecular flexibility index (Phi) is 5.30. The molecule has 0 bridgehead atoms. The Hall–Kier alpha value is -2.14. The van der Waals surface area contributed by atoms with E-state index in [1.54, 1.807) is 6.20 Å². The predicted octanol–water partition coefficient (Wildman–Crippen LogP) is 2.36. The number of H-pyrrole nitrogens is 1. The smallest absolute Gasteiger partial charge is 0.257 e. The Morgan fingerprint density at radius 3 is 2.92 bits per heavy atom. The average molecular weight is 326 g/mol. The molecule has 0 saturated carbocycles. The summed E-state index contributed by atoms with van der Waals surface area (Å²) in [7, 11) is 2.16. The lowest BCUT2D eigenvalue weighted by Crippen LogP contribution is -2.37. The second-order valence-electron chi connectivity index (χ2n) is 6.53. The molecule has 1 fully saturated rings. The lowest BCUT2D eigenvalue weighted by atomic mass is 10.1. The first-order valence-corrected chi connectivity index (χ1v) is 8.74. The van der Waals surface area contributed by atoms with E-state index in [1.165, 1.54) is 5.56 Å². The van der Waals surface area contributed by atoms with Crippen LogP contribution < -0.4 is 0 Å². The van der Waals surface area contributed by atoms with Gasteiger partial charge in [-0.3, -0.25) is 9.89 Å². The van der Waals surface area contributed by atoms with Crippen LogP contribution in [0.3, 0.4) is 0 Å². The molecule has 1 amide bonds. The van der Waals surface area contributed by atoms with Crippen molar-refractivity contribution >= 4 is 5.91 Å². The van der Waals surface area contributed by atoms with Gasteiger partial charge in [-0.2, -0.15) is 5.10 Å². The maximum absolute atomic E-state index is 12.7. The number of nitrogens with one attached hydrogen (secondary N) is 1. The van der Waals surface area contributed by atoms with Gasteiger partial charge in [0.25, 0.3) is 5.91 Å². The fraction of sp³-hybridized carbons (Fsp3) is 0.474. The molecule has 1 aromatic carbocycles. The summed E-state index contributed by atoms with van der Waals surface area (Å²) in [6, 6.07) is 11.0. The van der Waals surface area contributed by atoms with Gasteiger partial charge in [0.2, 0.25) is 0 Å². The predicted molar refractivity (Wildman–Crippen MR) is 95.1 cm³/mol. The second kappa shape index (κ2) is 7.62. The van der Waals surface area contributed by atoms with Crippen molar-refractivity contribution in [2.45, 2.75) is 32.2 Å². The summed E-state index contributed by atoms with van der Waals surface area (Å²) < 4.78 is 0. The van der Waals surface area contributed by atoms with E-state index in [9.17, 15) is 4.79 Å². The van der Waals surface area contributed by atoms with E-state index in [-0.39, 0.29) is 5.91 Å². The Labute approximate surface area is 143 Å². The fourth-order valence-corrected chi connectivity index (χ4v) is 3.36. The largest absolute Gasteiger partial charge is 0.337 e. The third kappa shape index (κ3) is 3.67. The molecule has 0 spiro atoms. The van der Waals surface area contributed by atoms with Crippen LogP contribution in [-0.4, -0.2) is 58.6 Å². The van der Waals surface area contributed by atoms with Crippen molar-refractivity contribution in [2.24, 2.45) is 0 Å². The number of likely N-dealkylation sites (N-methyl/N-ethyl adjacent to an activating group) is 1. The van der Waals surface area contributed by atoms with Crippen LogP contribution in [0.2, 0.25) is 0 Å². The molecule has 1 saturated heterocycles. The topological polar surface area (TPSA) is 52.2 Å². The number of aromatic nitrogens is 2. The van der Waals surface area contributed by atoms with Crippen molar-refractivity contribution < 1.29 is 4.79 Å². The Bertz CT molecular complexity index is 667. The third-order valence-corrected chi connectivity index (χ3v) is 4.97. The first kappa shape index (κ1) is 16.7. The first-order chi connectivity index (χ1) is 11.7. The van der Waals surface area contributed by atoms with Crippen LogP contribution in [0, 0.1) is 0 Å². The number of hydrogen-bond acceptors (Lipinski definition) is 3. The first-order valence-electron chi connectivity index (χ1n) is 8.74. The van der Waals surface area contributed by atoms with Gasteiger partial charge in [0.15, 0.2) is 0 Å². The monoisotopic (exact) mass is 326 g/mol. The van der Waals surface area contributed by atoms with Gasteiger partial charge in [0.1, 0.15) is 0 Å². The number of aromatic amines is 1. The molecule has 128 valence electrons. The molecule has 0 aliphatic carbocycles. The zero-order valence-corrected chi connectivity index (χ0v) is 14.5. The minimum atomic E-state index is 0.111. The number of benzene rings is 1. The minimum absolute atomic E-state index is 0.111.